The number of nitrogens with zero attached hydrogens (tertiary/aromatic N) is 2. The summed E-state index contributed by atoms with van der Waals surface area (Å²) in [6.07, 6.45) is 1.88. The van der Waals surface area contributed by atoms with Crippen LogP contribution in [0.4, 0.5) is 5.95 Å². The lowest BCUT2D eigenvalue weighted by atomic mass is 10.1. The molecule has 0 radical (unpaired) electrons. The topological polar surface area (TPSA) is 70.4 Å². The van der Waals surface area contributed by atoms with E-state index in [1.807, 2.05) is 54.2 Å². The van der Waals surface area contributed by atoms with E-state index in [9.17, 15) is 4.79 Å². The molecule has 0 unspecified atom stereocenters. The molecule has 0 aliphatic carbocycles. The van der Waals surface area contributed by atoms with E-state index in [0.29, 0.717) is 17.3 Å². The van der Waals surface area contributed by atoms with Gasteiger partial charge in [0, 0.05) is 11.1 Å². The van der Waals surface area contributed by atoms with Gasteiger partial charge in [-0.25, -0.2) is 9.13 Å². The van der Waals surface area contributed by atoms with Crippen molar-refractivity contribution in [2.45, 2.75) is 6.54 Å². The number of halogens is 1. The summed E-state index contributed by atoms with van der Waals surface area (Å²) in [5.41, 5.74) is 8.72. The second-order valence-corrected chi connectivity index (χ2v) is 5.92. The quantitative estimate of drug-likeness (QED) is 0.446. The smallest absolute Gasteiger partial charge is 0.355 e. The van der Waals surface area contributed by atoms with Crippen molar-refractivity contribution < 1.29 is 35.8 Å². The molecule has 0 amide bonds. The highest BCUT2D eigenvalue weighted by Gasteiger charge is 2.22. The fraction of sp³-hybridized carbons (Fsp3) is 0.158. The van der Waals surface area contributed by atoms with Crippen molar-refractivity contribution in [2.75, 3.05) is 12.5 Å². The van der Waals surface area contributed by atoms with Crippen LogP contribution >= 0.6 is 0 Å². The summed E-state index contributed by atoms with van der Waals surface area (Å²) in [5, 5.41) is 0. The Hall–Kier alpha value is -2.80. The number of hydrogen-bond acceptors (Lipinski definition) is 4. The van der Waals surface area contributed by atoms with Gasteiger partial charge in [-0.15, -0.1) is 0 Å². The second-order valence-electron chi connectivity index (χ2n) is 5.92. The van der Waals surface area contributed by atoms with Crippen molar-refractivity contribution in [3.63, 3.8) is 0 Å². The fourth-order valence-electron chi connectivity index (χ4n) is 2.94. The fourth-order valence-corrected chi connectivity index (χ4v) is 2.94. The number of ketones is 1. The Balaban J connectivity index is 0.00000196. The molecule has 1 aromatic heterocycles. The predicted molar refractivity (Wildman–Crippen MR) is 92.4 cm³/mol. The van der Waals surface area contributed by atoms with E-state index < -0.39 is 0 Å². The molecular formula is C19H18BrN3O3. The average molecular weight is 416 g/mol. The number of benzene rings is 2. The largest absolute Gasteiger partial charge is 1.00 e. The zero-order valence-corrected chi connectivity index (χ0v) is 15.8. The van der Waals surface area contributed by atoms with Crippen LogP contribution in [-0.4, -0.2) is 17.1 Å². The summed E-state index contributed by atoms with van der Waals surface area (Å²) in [6.45, 7) is 0.424. The highest BCUT2D eigenvalue weighted by molar-refractivity contribution is 5.95. The van der Waals surface area contributed by atoms with Gasteiger partial charge in [0.05, 0.1) is 7.05 Å². The molecule has 26 heavy (non-hydrogen) atoms. The van der Waals surface area contributed by atoms with Gasteiger partial charge in [-0.2, -0.15) is 0 Å². The van der Waals surface area contributed by atoms with Crippen LogP contribution in [0.25, 0.3) is 11.3 Å². The maximum Gasteiger partial charge on any atom is 0.355 e. The van der Waals surface area contributed by atoms with E-state index in [0.717, 1.165) is 17.0 Å². The van der Waals surface area contributed by atoms with Crippen molar-refractivity contribution in [1.82, 2.24) is 4.57 Å². The highest BCUT2D eigenvalue weighted by atomic mass is 79.9. The number of nitrogens with two attached hydrogens (primary N) is 1. The Morgan fingerprint density at radius 2 is 1.88 bits per heavy atom. The lowest BCUT2D eigenvalue weighted by Crippen LogP contribution is -3.00. The van der Waals surface area contributed by atoms with E-state index in [1.165, 1.54) is 0 Å². The van der Waals surface area contributed by atoms with Gasteiger partial charge in [0.25, 0.3) is 0 Å². The van der Waals surface area contributed by atoms with Crippen LogP contribution < -0.4 is 36.8 Å². The lowest BCUT2D eigenvalue weighted by Gasteiger charge is -2.01. The number of anilines is 1. The van der Waals surface area contributed by atoms with Crippen molar-refractivity contribution in [1.29, 1.82) is 0 Å². The van der Waals surface area contributed by atoms with E-state index in [4.69, 9.17) is 15.2 Å². The van der Waals surface area contributed by atoms with Crippen molar-refractivity contribution in [2.24, 2.45) is 7.05 Å². The molecule has 134 valence electrons. The molecule has 0 atom stereocenters. The van der Waals surface area contributed by atoms with Crippen molar-refractivity contribution in [3.8, 4) is 22.8 Å². The van der Waals surface area contributed by atoms with E-state index in [-0.39, 0.29) is 36.1 Å². The number of Topliss-reactive ketones (excluding diaryl/α,β-unsaturated/α-hetero) is 1. The molecule has 3 aromatic rings. The van der Waals surface area contributed by atoms with Gasteiger partial charge in [-0.1, -0.05) is 30.3 Å². The Morgan fingerprint density at radius 1 is 1.15 bits per heavy atom. The van der Waals surface area contributed by atoms with E-state index in [1.54, 1.807) is 16.7 Å². The van der Waals surface area contributed by atoms with Crippen LogP contribution in [0.15, 0.2) is 54.7 Å². The zero-order chi connectivity index (χ0) is 17.4. The first-order valence-electron chi connectivity index (χ1n) is 7.96. The van der Waals surface area contributed by atoms with Gasteiger partial charge < -0.3 is 26.5 Å². The average Bonchev–Trinajstić information content (AvgIpc) is 3.21. The van der Waals surface area contributed by atoms with Crippen LogP contribution in [0.2, 0.25) is 0 Å². The molecule has 0 fully saturated rings. The van der Waals surface area contributed by atoms with E-state index >= 15 is 0 Å². The van der Waals surface area contributed by atoms with Crippen LogP contribution in [0.3, 0.4) is 0 Å². The zero-order valence-electron chi connectivity index (χ0n) is 14.2. The number of ether oxygens (including phenoxy) is 2. The number of carbonyl (C=O) groups excluding carboxylic acids is 1. The molecule has 0 bridgehead atoms. The van der Waals surface area contributed by atoms with Gasteiger partial charge in [0.1, 0.15) is 18.4 Å². The molecule has 2 aromatic carbocycles. The third-order valence-electron chi connectivity index (χ3n) is 4.36. The molecular weight excluding hydrogens is 398 g/mol. The Labute approximate surface area is 161 Å². The first-order chi connectivity index (χ1) is 12.1. The maximum absolute atomic E-state index is 12.5. The van der Waals surface area contributed by atoms with Crippen LogP contribution in [0.1, 0.15) is 10.4 Å². The molecule has 0 saturated heterocycles. The van der Waals surface area contributed by atoms with Crippen molar-refractivity contribution in [3.05, 3.63) is 60.3 Å². The van der Waals surface area contributed by atoms with Gasteiger partial charge in [0.2, 0.25) is 6.79 Å². The monoisotopic (exact) mass is 415 g/mol. The third-order valence-corrected chi connectivity index (χ3v) is 4.36. The van der Waals surface area contributed by atoms with Gasteiger partial charge >= 0.3 is 5.95 Å². The summed E-state index contributed by atoms with van der Waals surface area (Å²) in [4.78, 5) is 12.5. The first kappa shape index (κ1) is 18.0. The van der Waals surface area contributed by atoms with Crippen LogP contribution in [-0.2, 0) is 13.6 Å². The second kappa shape index (κ2) is 7.21. The van der Waals surface area contributed by atoms with Gasteiger partial charge in [-0.3, -0.25) is 10.5 Å². The molecule has 2 N–H and O–H groups in total. The number of rotatable bonds is 4. The number of imidazole rings is 1. The lowest BCUT2D eigenvalue weighted by molar-refractivity contribution is -0.667. The highest BCUT2D eigenvalue weighted by Crippen LogP contribution is 2.35. The summed E-state index contributed by atoms with van der Waals surface area (Å²) in [5.74, 6) is 1.97. The molecule has 0 spiro atoms. The SMILES string of the molecule is Cn1c(-c2ccc3c(c2)OCO3)c[n+](CC(=O)c2ccccc2)c1N.[Br-]. The Bertz CT molecular complexity index is 954. The molecule has 0 saturated carbocycles. The minimum Gasteiger partial charge on any atom is -1.00 e. The first-order valence-corrected chi connectivity index (χ1v) is 7.96. The summed E-state index contributed by atoms with van der Waals surface area (Å²) >= 11 is 0. The van der Waals surface area contributed by atoms with Crippen LogP contribution in [0, 0.1) is 0 Å². The molecule has 2 heterocycles. The number of fused-ring (bicyclic) bond motifs is 1. The predicted octanol–water partition coefficient (Wildman–Crippen LogP) is -0.823. The summed E-state index contributed by atoms with van der Waals surface area (Å²) < 4.78 is 14.4. The molecule has 6 nitrogen and oxygen atoms in total. The minimum atomic E-state index is 0. The molecule has 1 aliphatic heterocycles. The van der Waals surface area contributed by atoms with E-state index in [2.05, 4.69) is 0 Å². The molecule has 1 aliphatic rings. The Kier molecular flexibility index (Phi) is 4.99. The Morgan fingerprint density at radius 3 is 2.65 bits per heavy atom. The number of aromatic nitrogens is 2. The van der Waals surface area contributed by atoms with Gasteiger partial charge in [-0.05, 0) is 18.2 Å². The van der Waals surface area contributed by atoms with Crippen molar-refractivity contribution >= 4 is 11.7 Å². The maximum atomic E-state index is 12.5. The molecule has 4 rings (SSSR count). The summed E-state index contributed by atoms with van der Waals surface area (Å²) in [6, 6.07) is 14.9. The third kappa shape index (κ3) is 3.17. The van der Waals surface area contributed by atoms with Crippen LogP contribution in [0.5, 0.6) is 11.5 Å². The summed E-state index contributed by atoms with van der Waals surface area (Å²) in [7, 11) is 1.87. The minimum absolute atomic E-state index is 0. The van der Waals surface area contributed by atoms with Gasteiger partial charge in [0.15, 0.2) is 17.3 Å². The normalized spacial score (nSPS) is 11.9. The number of carbonyl (C=O) groups is 1. The molecule has 7 heteroatoms. The number of hydrogen-bond donors (Lipinski definition) is 1. The standard InChI is InChI=1S/C19H17N3O3.BrH/c1-21-15(14-7-8-17-18(9-14)25-12-24-17)10-22(19(21)20)11-16(23)13-5-3-2-4-6-13;/h2-10,20H,11-12H2,1H3;1H. The number of nitrogen functional groups attached to an aromatic ring is 1.